The minimum absolute atomic E-state index is 0.0360. The molecule has 20 heteroatoms. The fourth-order valence-corrected chi connectivity index (χ4v) is 31.7. The zero-order valence-corrected chi connectivity index (χ0v) is 75.0. The van der Waals surface area contributed by atoms with E-state index in [-0.39, 0.29) is 155 Å². The fraction of sp³-hybridized carbons (Fsp3) is 0.750. The second-order valence-corrected chi connectivity index (χ2v) is 45.2. The number of esters is 6. The number of ether oxygens (including phenoxy) is 10. The maximum absolute atomic E-state index is 13.9. The summed E-state index contributed by atoms with van der Waals surface area (Å²) in [5.74, 6) is 2.91. The molecule has 4 unspecified atom stereocenters. The van der Waals surface area contributed by atoms with Crippen LogP contribution in [0, 0.1) is 115 Å². The van der Waals surface area contributed by atoms with E-state index < -0.39 is 82.9 Å². The Morgan fingerprint density at radius 3 is 1.37 bits per heavy atom. The maximum Gasteiger partial charge on any atom is 0.334 e. The number of aliphatic hydroxyl groups is 4. The normalized spacial score (nSPS) is 48.0. The highest BCUT2D eigenvalue weighted by Crippen LogP contribution is 2.89. The Bertz CT molecular complexity index is 4680. The van der Waals surface area contributed by atoms with Crippen molar-refractivity contribution >= 4 is 35.8 Å². The van der Waals surface area contributed by atoms with Gasteiger partial charge in [-0.2, -0.15) is 0 Å². The summed E-state index contributed by atoms with van der Waals surface area (Å²) < 4.78 is 63.7. The number of carbonyl (C=O) groups is 6. The van der Waals surface area contributed by atoms with Gasteiger partial charge in [-0.1, -0.05) is 142 Å². The molecular formula is C104H136O20. The molecule has 672 valence electrons. The van der Waals surface area contributed by atoms with E-state index in [2.05, 4.69) is 131 Å². The van der Waals surface area contributed by atoms with Gasteiger partial charge >= 0.3 is 35.8 Å². The van der Waals surface area contributed by atoms with Crippen LogP contribution in [0.2, 0.25) is 0 Å². The molecule has 18 fully saturated rings. The highest BCUT2D eigenvalue weighted by Gasteiger charge is 3.02. The first kappa shape index (κ1) is 84.7. The van der Waals surface area contributed by atoms with Gasteiger partial charge in [-0.3, -0.25) is 19.2 Å². The first-order valence-corrected chi connectivity index (χ1v) is 48.7. The molecule has 14 saturated carbocycles. The van der Waals surface area contributed by atoms with Gasteiger partial charge in [-0.25, -0.2) is 9.59 Å². The molecule has 0 aromatic carbocycles. The highest BCUT2D eigenvalue weighted by atomic mass is 16.7. The summed E-state index contributed by atoms with van der Waals surface area (Å²) in [6.45, 7) is 32.3. The van der Waals surface area contributed by atoms with E-state index in [1.807, 2.05) is 0 Å². The van der Waals surface area contributed by atoms with Crippen molar-refractivity contribution in [3.63, 3.8) is 0 Å². The van der Waals surface area contributed by atoms with Gasteiger partial charge in [0.1, 0.15) is 48.8 Å². The summed E-state index contributed by atoms with van der Waals surface area (Å²) in [5, 5.41) is 43.0. The summed E-state index contributed by atoms with van der Waals surface area (Å²) in [6.07, 6.45) is 36.3. The zero-order valence-electron chi connectivity index (χ0n) is 75.0. The third-order valence-electron chi connectivity index (χ3n) is 39.0. The zero-order chi connectivity index (χ0) is 86.6. The highest BCUT2D eigenvalue weighted by molar-refractivity contribution is 5.93. The van der Waals surface area contributed by atoms with Crippen molar-refractivity contribution in [3.05, 3.63) is 117 Å². The largest absolute Gasteiger partial charge is 0.462 e. The smallest absolute Gasteiger partial charge is 0.334 e. The molecule has 6 heterocycles. The van der Waals surface area contributed by atoms with Crippen molar-refractivity contribution in [2.45, 2.75) is 358 Å². The first-order valence-electron chi connectivity index (χ1n) is 48.7. The summed E-state index contributed by atoms with van der Waals surface area (Å²) in [5.41, 5.74) is 6.76. The van der Waals surface area contributed by atoms with Crippen molar-refractivity contribution in [1.29, 1.82) is 0 Å². The lowest BCUT2D eigenvalue weighted by molar-refractivity contribution is -0.174. The molecule has 0 radical (unpaired) electrons. The second-order valence-electron chi connectivity index (χ2n) is 45.2. The van der Waals surface area contributed by atoms with Crippen LogP contribution in [0.25, 0.3) is 0 Å². The van der Waals surface area contributed by atoms with Gasteiger partial charge in [0.25, 0.3) is 0 Å². The predicted molar refractivity (Wildman–Crippen MR) is 458 cm³/mol. The average molecular weight is 1710 g/mol. The number of rotatable bonds is 22. The Morgan fingerprint density at radius 2 is 0.927 bits per heavy atom. The third-order valence-corrected chi connectivity index (χ3v) is 39.0. The molecule has 4 spiro atoms. The molecule has 0 amide bonds. The standard InChI is InChI=1S/2C52H68O10/c1-27(2)50-25-39(50)45-52(62-45)49(6)21-19-34-35(26-58-46(34)57)38(49)24-42-51(52,61-42)47(50)60-44(56)18-17-43(55)59-33-22-32(29(4)41(54)23-33)13-10-30-8-7-20-48(5)36(14-15-37(30)48)28(3)9-16-40(53)31-11-12-31;1-27(2)50-25-39(50)45-52(62-45)49(6)21-19-34-35(26-58-46(34)57)38(49)24-42-51(52,61-42)47(50)60-44(56)18-17-43(55)59-41-23-33(53)22-32(29(41)4)13-10-30-8-7-20-48(5)36(14-15-37(30)48)28(3)9-16-40(54)31-11-12-31/h2*9-10,13,16,27-28,31,33,36-42,45,47,53-54H,4,7-8,11-12,14-15,17-26H2,1-3,5-6H3/b2*16-9+,30-10+,32-13-/t2*28-,33+,36?,37?,38-,39-,40+,41-,42-,45-,47+,48+,49-,50+,51+,52+/m00/s1. The number of allylic oxidation sites excluding steroid dienone is 8. The van der Waals surface area contributed by atoms with E-state index in [0.717, 1.165) is 136 Å². The number of fused-ring (bicyclic) bond motifs is 10. The molecule has 16 aliphatic carbocycles. The van der Waals surface area contributed by atoms with Crippen molar-refractivity contribution in [3.8, 4) is 0 Å². The molecule has 0 aromatic rings. The molecular weight excluding hydrogens is 1570 g/mol. The Labute approximate surface area is 732 Å². The van der Waals surface area contributed by atoms with E-state index in [1.54, 1.807) is 0 Å². The monoisotopic (exact) mass is 1700 g/mol. The van der Waals surface area contributed by atoms with Crippen LogP contribution in [0.1, 0.15) is 262 Å². The molecule has 32 atom stereocenters. The molecule has 0 bridgehead atoms. The van der Waals surface area contributed by atoms with Gasteiger partial charge in [0.2, 0.25) is 0 Å². The topological polar surface area (TPSA) is 289 Å². The third kappa shape index (κ3) is 12.5. The lowest BCUT2D eigenvalue weighted by atomic mass is 9.46. The Kier molecular flexibility index (Phi) is 20.3. The van der Waals surface area contributed by atoms with Gasteiger partial charge in [-0.05, 0) is 275 Å². The molecule has 6 aliphatic heterocycles. The quantitative estimate of drug-likeness (QED) is 0.0339. The van der Waals surface area contributed by atoms with Gasteiger partial charge in [0.15, 0.2) is 11.2 Å². The molecule has 20 nitrogen and oxygen atoms in total. The number of carbonyl (C=O) groups excluding carboxylic acids is 6. The van der Waals surface area contributed by atoms with Crippen molar-refractivity contribution in [1.82, 2.24) is 0 Å². The van der Waals surface area contributed by atoms with Crippen molar-refractivity contribution in [2.75, 3.05) is 13.2 Å². The number of aliphatic hydroxyl groups excluding tert-OH is 4. The summed E-state index contributed by atoms with van der Waals surface area (Å²) >= 11 is 0. The van der Waals surface area contributed by atoms with E-state index in [0.29, 0.717) is 97.4 Å². The minimum Gasteiger partial charge on any atom is -0.462 e. The Balaban J connectivity index is 0.000000152. The van der Waals surface area contributed by atoms with Gasteiger partial charge in [0, 0.05) is 52.1 Å². The van der Waals surface area contributed by atoms with Crippen LogP contribution in [0.3, 0.4) is 0 Å². The van der Waals surface area contributed by atoms with Crippen LogP contribution in [-0.4, -0.2) is 165 Å². The second kappa shape index (κ2) is 29.7. The minimum atomic E-state index is -0.815. The Morgan fingerprint density at radius 1 is 0.492 bits per heavy atom. The SMILES string of the molecule is C=C1/C(=C\C=C2/CCC[C@@]3(C)C2CCC3[C@@H](C)/C=C/[C@@H](O)C2CC2)C[C@@H](O)C[C@@H]1OC(=O)CCC(=O)O[C@@H]1[C@@]2(C(C)C)C[C@H]2[C@@H]2O[C@]23[C@]12O[C@H]2C[C@H]1C2=C(CC[C@@]13C)C(=O)OC2.C=C1/C(=C\C=C2/CCC[C@@]3(C)C2CCC3[C@@H](C)/C=C/[C@@H](O)C2CC2)C[C@@H](OC(=O)CCC(=O)O[C@@H]2[C@@]3(C(C)C)C[C@H]3[C@@H]3O[C@]34[C@]23O[C@H]3C[C@H]2C3=C(CC[C@@]24C)C(=O)OC3)C[C@@H]1O. The maximum atomic E-state index is 13.9. The van der Waals surface area contributed by atoms with Crippen molar-refractivity contribution in [2.24, 2.45) is 115 Å². The van der Waals surface area contributed by atoms with E-state index in [9.17, 15) is 49.2 Å². The lowest BCUT2D eigenvalue weighted by Crippen LogP contribution is -2.67. The summed E-state index contributed by atoms with van der Waals surface area (Å²) in [4.78, 5) is 79.9. The predicted octanol–water partition coefficient (Wildman–Crippen LogP) is 15.9. The molecule has 22 rings (SSSR count). The summed E-state index contributed by atoms with van der Waals surface area (Å²) in [6, 6.07) is 0. The van der Waals surface area contributed by atoms with Crippen LogP contribution in [0.15, 0.2) is 117 Å². The first-order chi connectivity index (χ1) is 59.2. The summed E-state index contributed by atoms with van der Waals surface area (Å²) in [7, 11) is 0. The van der Waals surface area contributed by atoms with E-state index >= 15 is 0 Å². The molecule has 124 heavy (non-hydrogen) atoms. The fourth-order valence-electron chi connectivity index (χ4n) is 31.7. The molecule has 4 N–H and O–H groups in total. The van der Waals surface area contributed by atoms with Crippen LogP contribution >= 0.6 is 0 Å². The number of epoxide rings is 4. The van der Waals surface area contributed by atoms with Gasteiger partial charge < -0.3 is 67.8 Å². The van der Waals surface area contributed by atoms with E-state index in [4.69, 9.17) is 47.4 Å². The Hall–Kier alpha value is -6.10. The molecule has 0 aromatic heterocycles. The number of hydrogen-bond acceptors (Lipinski definition) is 20. The van der Waals surface area contributed by atoms with Crippen molar-refractivity contribution < 1.29 is 96.6 Å². The number of hydrogen-bond donors (Lipinski definition) is 4. The lowest BCUT2D eigenvalue weighted by Gasteiger charge is -2.54. The average Bonchev–Trinajstić information content (AvgIpc) is 1.42. The van der Waals surface area contributed by atoms with Crippen LogP contribution in [0.5, 0.6) is 0 Å². The van der Waals surface area contributed by atoms with E-state index in [1.165, 1.54) is 36.8 Å². The van der Waals surface area contributed by atoms with Gasteiger partial charge in [0.05, 0.1) is 74.5 Å². The molecule has 4 saturated heterocycles. The number of cyclic esters (lactones) is 2. The van der Waals surface area contributed by atoms with Crippen LogP contribution < -0.4 is 0 Å². The molecule has 22 aliphatic rings. The van der Waals surface area contributed by atoms with Crippen LogP contribution in [0.4, 0.5) is 0 Å². The van der Waals surface area contributed by atoms with Crippen LogP contribution in [-0.2, 0) is 76.1 Å². The van der Waals surface area contributed by atoms with Gasteiger partial charge in [-0.15, -0.1) is 0 Å².